The Labute approximate surface area is 66.4 Å². The smallest absolute Gasteiger partial charge is 0.230 e. The number of hydrogen-bond acceptors (Lipinski definition) is 2. The van der Waals surface area contributed by atoms with Crippen molar-refractivity contribution in [2.24, 2.45) is 5.92 Å². The highest BCUT2D eigenvalue weighted by Crippen LogP contribution is 2.12. The van der Waals surface area contributed by atoms with Crippen LogP contribution in [0.5, 0.6) is 0 Å². The van der Waals surface area contributed by atoms with Crippen LogP contribution >= 0.6 is 0 Å². The summed E-state index contributed by atoms with van der Waals surface area (Å²) in [6.07, 6.45) is 0.106. The number of carbonyl (C=O) groups is 2. The predicted octanol–water partition coefficient (Wildman–Crippen LogP) is 0.444. The lowest BCUT2D eigenvalue weighted by atomic mass is 9.98. The Bertz CT molecular complexity index is 189. The maximum atomic E-state index is 11.1. The van der Waals surface area contributed by atoms with Gasteiger partial charge in [-0.1, -0.05) is 6.92 Å². The molecular formula is C8H13NO2. The summed E-state index contributed by atoms with van der Waals surface area (Å²) in [5.74, 6) is 0.1000. The lowest BCUT2D eigenvalue weighted by molar-refractivity contribution is -0.141. The molecule has 1 aliphatic heterocycles. The summed E-state index contributed by atoms with van der Waals surface area (Å²) in [5, 5.41) is 0. The summed E-state index contributed by atoms with van der Waals surface area (Å²) in [6, 6.07) is 0. The van der Waals surface area contributed by atoms with Gasteiger partial charge in [0.15, 0.2) is 0 Å². The first kappa shape index (κ1) is 8.24. The van der Waals surface area contributed by atoms with E-state index in [2.05, 4.69) is 0 Å². The predicted molar refractivity (Wildman–Crippen MR) is 41.0 cm³/mol. The maximum Gasteiger partial charge on any atom is 0.230 e. The molecule has 1 heterocycles. The Morgan fingerprint density at radius 2 is 2.18 bits per heavy atom. The number of rotatable bonds is 1. The Morgan fingerprint density at radius 3 is 2.73 bits per heavy atom. The third kappa shape index (κ3) is 1.59. The molecule has 0 aromatic rings. The number of ketones is 1. The van der Waals surface area contributed by atoms with Crippen LogP contribution in [0.1, 0.15) is 20.3 Å². The first-order valence-corrected chi connectivity index (χ1v) is 3.95. The van der Waals surface area contributed by atoms with E-state index in [-0.39, 0.29) is 24.0 Å². The van der Waals surface area contributed by atoms with Gasteiger partial charge in [0.05, 0.1) is 6.42 Å². The van der Waals surface area contributed by atoms with Crippen molar-refractivity contribution in [3.05, 3.63) is 0 Å². The highest BCUT2D eigenvalue weighted by Gasteiger charge is 2.27. The second kappa shape index (κ2) is 3.03. The van der Waals surface area contributed by atoms with Crippen molar-refractivity contribution in [1.82, 2.24) is 4.90 Å². The molecule has 0 aromatic heterocycles. The van der Waals surface area contributed by atoms with Crippen LogP contribution in [0.3, 0.4) is 0 Å². The molecule has 0 aliphatic carbocycles. The fourth-order valence-electron chi connectivity index (χ4n) is 1.27. The molecule has 3 nitrogen and oxygen atoms in total. The van der Waals surface area contributed by atoms with E-state index >= 15 is 0 Å². The maximum absolute atomic E-state index is 11.1. The van der Waals surface area contributed by atoms with Crippen molar-refractivity contribution in [2.75, 3.05) is 13.1 Å². The van der Waals surface area contributed by atoms with E-state index in [1.54, 1.807) is 4.90 Å². The minimum atomic E-state index is -0.0180. The lowest BCUT2D eigenvalue weighted by Gasteiger charge is -2.28. The Kier molecular flexibility index (Phi) is 2.27. The third-order valence-electron chi connectivity index (χ3n) is 2.10. The Hall–Kier alpha value is -0.860. The number of likely N-dealkylation sites (tertiary alicyclic amines) is 1. The largest absolute Gasteiger partial charge is 0.342 e. The zero-order valence-corrected chi connectivity index (χ0v) is 6.96. The summed E-state index contributed by atoms with van der Waals surface area (Å²) in [4.78, 5) is 23.8. The number of nitrogens with zero attached hydrogens (tertiary/aromatic N) is 1. The number of hydrogen-bond donors (Lipinski definition) is 0. The van der Waals surface area contributed by atoms with Gasteiger partial charge >= 0.3 is 0 Å². The summed E-state index contributed by atoms with van der Waals surface area (Å²) in [6.45, 7) is 5.13. The molecule has 1 amide bonds. The van der Waals surface area contributed by atoms with Crippen molar-refractivity contribution >= 4 is 11.7 Å². The molecule has 1 rings (SSSR count). The fraction of sp³-hybridized carbons (Fsp3) is 0.750. The number of carbonyl (C=O) groups excluding carboxylic acids is 2. The van der Waals surface area contributed by atoms with Crippen LogP contribution in [0, 0.1) is 5.92 Å². The van der Waals surface area contributed by atoms with E-state index in [0.29, 0.717) is 6.54 Å². The van der Waals surface area contributed by atoms with Crippen LogP contribution in [0.15, 0.2) is 0 Å². The minimum absolute atomic E-state index is 0.0180. The van der Waals surface area contributed by atoms with Gasteiger partial charge in [-0.2, -0.15) is 0 Å². The topological polar surface area (TPSA) is 37.4 Å². The standard InChI is InChI=1S/C8H13NO2/c1-3-9-5-6(2)7(10)4-8(9)11/h6H,3-5H2,1-2H3. The summed E-state index contributed by atoms with van der Waals surface area (Å²) >= 11 is 0. The van der Waals surface area contributed by atoms with E-state index in [1.165, 1.54) is 0 Å². The monoisotopic (exact) mass is 155 g/mol. The lowest BCUT2D eigenvalue weighted by Crippen LogP contribution is -2.43. The number of Topliss-reactive ketones (excluding diaryl/α,β-unsaturated/α-hetero) is 1. The van der Waals surface area contributed by atoms with Gasteiger partial charge in [-0.25, -0.2) is 0 Å². The molecule has 1 aliphatic rings. The molecule has 0 spiro atoms. The number of piperidine rings is 1. The summed E-state index contributed by atoms with van der Waals surface area (Å²) in [5.41, 5.74) is 0. The highest BCUT2D eigenvalue weighted by molar-refractivity contribution is 6.01. The van der Waals surface area contributed by atoms with Crippen LogP contribution in [-0.2, 0) is 9.59 Å². The molecule has 0 saturated carbocycles. The first-order chi connectivity index (χ1) is 5.15. The second-order valence-electron chi connectivity index (χ2n) is 2.98. The van der Waals surface area contributed by atoms with Gasteiger partial charge in [-0.15, -0.1) is 0 Å². The van der Waals surface area contributed by atoms with Crippen molar-refractivity contribution in [3.8, 4) is 0 Å². The minimum Gasteiger partial charge on any atom is -0.342 e. The molecule has 0 aromatic carbocycles. The van der Waals surface area contributed by atoms with Crippen LogP contribution in [0.2, 0.25) is 0 Å². The molecule has 0 radical (unpaired) electrons. The summed E-state index contributed by atoms with van der Waals surface area (Å²) < 4.78 is 0. The molecule has 1 saturated heterocycles. The van der Waals surface area contributed by atoms with Gasteiger partial charge in [0.1, 0.15) is 5.78 Å². The molecular weight excluding hydrogens is 142 g/mol. The second-order valence-corrected chi connectivity index (χ2v) is 2.98. The highest BCUT2D eigenvalue weighted by atomic mass is 16.2. The normalized spacial score (nSPS) is 26.0. The van der Waals surface area contributed by atoms with Crippen LogP contribution < -0.4 is 0 Å². The molecule has 1 fully saturated rings. The zero-order valence-electron chi connectivity index (χ0n) is 6.96. The van der Waals surface area contributed by atoms with Gasteiger partial charge in [-0.3, -0.25) is 9.59 Å². The van der Waals surface area contributed by atoms with Gasteiger partial charge in [0, 0.05) is 19.0 Å². The van der Waals surface area contributed by atoms with E-state index < -0.39 is 0 Å². The van der Waals surface area contributed by atoms with Crippen molar-refractivity contribution in [2.45, 2.75) is 20.3 Å². The third-order valence-corrected chi connectivity index (χ3v) is 2.10. The van der Waals surface area contributed by atoms with Crippen LogP contribution in [-0.4, -0.2) is 29.7 Å². The SMILES string of the molecule is CCN1CC(C)C(=O)CC1=O. The zero-order chi connectivity index (χ0) is 8.43. The molecule has 0 N–H and O–H groups in total. The first-order valence-electron chi connectivity index (χ1n) is 3.95. The van der Waals surface area contributed by atoms with Gasteiger partial charge < -0.3 is 4.90 Å². The van der Waals surface area contributed by atoms with Crippen LogP contribution in [0.4, 0.5) is 0 Å². The van der Waals surface area contributed by atoms with Crippen LogP contribution in [0.25, 0.3) is 0 Å². The van der Waals surface area contributed by atoms with Crippen molar-refractivity contribution in [3.63, 3.8) is 0 Å². The molecule has 62 valence electrons. The molecule has 1 unspecified atom stereocenters. The quantitative estimate of drug-likeness (QED) is 0.515. The van der Waals surface area contributed by atoms with E-state index in [1.807, 2.05) is 13.8 Å². The van der Waals surface area contributed by atoms with Gasteiger partial charge in [-0.05, 0) is 6.92 Å². The molecule has 0 bridgehead atoms. The van der Waals surface area contributed by atoms with Gasteiger partial charge in [0.25, 0.3) is 0 Å². The molecule has 11 heavy (non-hydrogen) atoms. The average molecular weight is 155 g/mol. The Morgan fingerprint density at radius 1 is 1.55 bits per heavy atom. The fourth-order valence-corrected chi connectivity index (χ4v) is 1.27. The van der Waals surface area contributed by atoms with Crippen molar-refractivity contribution in [1.29, 1.82) is 0 Å². The van der Waals surface area contributed by atoms with Gasteiger partial charge in [0.2, 0.25) is 5.91 Å². The van der Waals surface area contributed by atoms with Crippen molar-refractivity contribution < 1.29 is 9.59 Å². The van der Waals surface area contributed by atoms with E-state index in [0.717, 1.165) is 6.54 Å². The number of amides is 1. The average Bonchev–Trinajstić information content (AvgIpc) is 1.97. The summed E-state index contributed by atoms with van der Waals surface area (Å²) in [7, 11) is 0. The van der Waals surface area contributed by atoms with E-state index in [9.17, 15) is 9.59 Å². The molecule has 1 atom stereocenters. The molecule has 3 heteroatoms. The van der Waals surface area contributed by atoms with E-state index in [4.69, 9.17) is 0 Å². The Balaban J connectivity index is 2.62.